The number of halogens is 4. The number of pyridine rings is 1. The van der Waals surface area contributed by atoms with Crippen molar-refractivity contribution in [2.75, 3.05) is 38.7 Å². The summed E-state index contributed by atoms with van der Waals surface area (Å²) in [5.74, 6) is 0.737. The Balaban J connectivity index is 0.00000420. The predicted molar refractivity (Wildman–Crippen MR) is 119 cm³/mol. The zero-order valence-electron chi connectivity index (χ0n) is 16.3. The first-order valence-corrected chi connectivity index (χ1v) is 9.47. The molecule has 0 bridgehead atoms. The molecule has 0 aliphatic heterocycles. The Morgan fingerprint density at radius 2 is 2.03 bits per heavy atom. The lowest BCUT2D eigenvalue weighted by molar-refractivity contribution is -0.137. The van der Waals surface area contributed by atoms with E-state index in [4.69, 9.17) is 4.74 Å². The number of thiazole rings is 1. The van der Waals surface area contributed by atoms with Gasteiger partial charge in [-0.1, -0.05) is 0 Å². The summed E-state index contributed by atoms with van der Waals surface area (Å²) < 4.78 is 42.9. The van der Waals surface area contributed by atoms with E-state index >= 15 is 0 Å². The number of nitrogens with one attached hydrogen (secondary N) is 2. The number of guanidine groups is 1. The number of ether oxygens (including phenoxy) is 1. The quantitative estimate of drug-likeness (QED) is 0.230. The third-order valence-electron chi connectivity index (χ3n) is 3.37. The molecule has 0 spiro atoms. The molecule has 12 heteroatoms. The first kappa shape index (κ1) is 25.2. The van der Waals surface area contributed by atoms with E-state index in [9.17, 15) is 13.2 Å². The van der Waals surface area contributed by atoms with E-state index in [1.54, 1.807) is 11.3 Å². The van der Waals surface area contributed by atoms with Crippen molar-refractivity contribution in [1.29, 1.82) is 0 Å². The normalized spacial score (nSPS) is 11.6. The zero-order chi connectivity index (χ0) is 20.6. The molecule has 0 amide bonds. The average Bonchev–Trinajstić information content (AvgIpc) is 3.12. The van der Waals surface area contributed by atoms with Crippen LogP contribution in [0.1, 0.15) is 18.2 Å². The molecule has 2 aromatic rings. The number of hydrogen-bond donors (Lipinski definition) is 2. The van der Waals surface area contributed by atoms with E-state index in [0.717, 1.165) is 23.1 Å². The molecule has 0 saturated heterocycles. The number of aliphatic imine (C=N–C) groups is 1. The minimum Gasteiger partial charge on any atom is -0.476 e. The summed E-state index contributed by atoms with van der Waals surface area (Å²) in [6.07, 6.45) is -3.65. The van der Waals surface area contributed by atoms with Crippen molar-refractivity contribution in [3.63, 3.8) is 0 Å². The highest BCUT2D eigenvalue weighted by Gasteiger charge is 2.30. The van der Waals surface area contributed by atoms with Crippen molar-refractivity contribution >= 4 is 46.4 Å². The van der Waals surface area contributed by atoms with Crippen molar-refractivity contribution < 1.29 is 17.9 Å². The van der Waals surface area contributed by atoms with E-state index in [1.807, 2.05) is 31.3 Å². The van der Waals surface area contributed by atoms with Gasteiger partial charge >= 0.3 is 6.18 Å². The maximum atomic E-state index is 12.5. The number of alkyl halides is 3. The molecule has 0 aliphatic carbocycles. The van der Waals surface area contributed by atoms with Crippen LogP contribution in [0.15, 0.2) is 28.7 Å². The molecule has 0 aliphatic rings. The van der Waals surface area contributed by atoms with Crippen LogP contribution in [0.5, 0.6) is 5.88 Å². The highest BCUT2D eigenvalue weighted by atomic mass is 127. The van der Waals surface area contributed by atoms with Crippen LogP contribution in [0.25, 0.3) is 0 Å². The standard InChI is InChI=1S/C17H23F3N6OS.HI/c1-4-21-15(24-10-13-11-28-16(25-13)26(2)3)22-7-8-27-14-6-5-12(9-23-14)17(18,19)20;/h5-6,9,11H,4,7-8,10H2,1-3H3,(H2,21,22,24);1H. The van der Waals surface area contributed by atoms with E-state index in [1.165, 1.54) is 6.07 Å². The van der Waals surface area contributed by atoms with Gasteiger partial charge in [-0.25, -0.2) is 15.0 Å². The molecule has 2 rings (SSSR count). The highest BCUT2D eigenvalue weighted by molar-refractivity contribution is 14.0. The van der Waals surface area contributed by atoms with Gasteiger partial charge in [0.25, 0.3) is 0 Å². The number of rotatable bonds is 8. The number of hydrogen-bond acceptors (Lipinski definition) is 6. The van der Waals surface area contributed by atoms with Gasteiger partial charge in [0, 0.05) is 38.3 Å². The Hall–Kier alpha value is -1.83. The molecule has 7 nitrogen and oxygen atoms in total. The molecule has 0 unspecified atom stereocenters. The van der Waals surface area contributed by atoms with Crippen molar-refractivity contribution in [2.24, 2.45) is 4.99 Å². The summed E-state index contributed by atoms with van der Waals surface area (Å²) in [6.45, 7) is 3.71. The van der Waals surface area contributed by atoms with Crippen LogP contribution in [0, 0.1) is 0 Å². The van der Waals surface area contributed by atoms with Crippen molar-refractivity contribution in [3.8, 4) is 5.88 Å². The second kappa shape index (κ2) is 12.0. The van der Waals surface area contributed by atoms with Gasteiger partial charge < -0.3 is 20.3 Å². The molecule has 162 valence electrons. The summed E-state index contributed by atoms with van der Waals surface area (Å²) in [4.78, 5) is 14.5. The molecule has 0 aromatic carbocycles. The molecule has 2 aromatic heterocycles. The summed E-state index contributed by atoms with van der Waals surface area (Å²) in [5.41, 5.74) is 0.0649. The van der Waals surface area contributed by atoms with Gasteiger partial charge in [-0.15, -0.1) is 35.3 Å². The Morgan fingerprint density at radius 3 is 2.59 bits per heavy atom. The van der Waals surface area contributed by atoms with Gasteiger partial charge in [-0.3, -0.25) is 0 Å². The fraction of sp³-hybridized carbons (Fsp3) is 0.471. The van der Waals surface area contributed by atoms with Crippen molar-refractivity contribution in [1.82, 2.24) is 20.6 Å². The third kappa shape index (κ3) is 8.60. The maximum Gasteiger partial charge on any atom is 0.417 e. The molecule has 2 heterocycles. The zero-order valence-corrected chi connectivity index (χ0v) is 19.4. The van der Waals surface area contributed by atoms with E-state index in [-0.39, 0.29) is 36.5 Å². The van der Waals surface area contributed by atoms with Gasteiger partial charge in [0.15, 0.2) is 11.1 Å². The fourth-order valence-corrected chi connectivity index (χ4v) is 2.78. The topological polar surface area (TPSA) is 74.7 Å². The monoisotopic (exact) mass is 544 g/mol. The van der Waals surface area contributed by atoms with Gasteiger partial charge in [0.05, 0.1) is 24.3 Å². The van der Waals surface area contributed by atoms with Gasteiger partial charge in [0.1, 0.15) is 6.61 Å². The summed E-state index contributed by atoms with van der Waals surface area (Å²) in [6, 6.07) is 2.14. The van der Waals surface area contributed by atoms with Gasteiger partial charge in [-0.2, -0.15) is 13.2 Å². The van der Waals surface area contributed by atoms with Crippen LogP contribution in [-0.4, -0.2) is 49.7 Å². The minimum absolute atomic E-state index is 0. The number of anilines is 1. The molecule has 0 saturated carbocycles. The third-order valence-corrected chi connectivity index (χ3v) is 4.43. The molecule has 2 N–H and O–H groups in total. The molecular weight excluding hydrogens is 520 g/mol. The van der Waals surface area contributed by atoms with Crippen LogP contribution in [0.4, 0.5) is 18.3 Å². The second-order valence-electron chi connectivity index (χ2n) is 5.87. The first-order chi connectivity index (χ1) is 13.3. The van der Waals surface area contributed by atoms with Gasteiger partial charge in [0.2, 0.25) is 5.88 Å². The minimum atomic E-state index is -4.41. The predicted octanol–water partition coefficient (Wildman–Crippen LogP) is 3.38. The SMILES string of the molecule is CCNC(=NCc1csc(N(C)C)n1)NCCOc1ccc(C(F)(F)F)cn1.I. The number of nitrogens with zero attached hydrogens (tertiary/aromatic N) is 4. The Kier molecular flexibility index (Phi) is 10.4. The van der Waals surface area contributed by atoms with Crippen molar-refractivity contribution in [3.05, 3.63) is 35.0 Å². The second-order valence-corrected chi connectivity index (χ2v) is 6.71. The van der Waals surface area contributed by atoms with Crippen LogP contribution < -0.4 is 20.3 Å². The van der Waals surface area contributed by atoms with Crippen LogP contribution >= 0.6 is 35.3 Å². The lowest BCUT2D eigenvalue weighted by Crippen LogP contribution is -2.39. The van der Waals surface area contributed by atoms with Gasteiger partial charge in [-0.05, 0) is 13.0 Å². The molecule has 0 atom stereocenters. The van der Waals surface area contributed by atoms with Crippen LogP contribution in [0.3, 0.4) is 0 Å². The Labute approximate surface area is 188 Å². The largest absolute Gasteiger partial charge is 0.476 e. The van der Waals surface area contributed by atoms with E-state index in [0.29, 0.717) is 25.6 Å². The maximum absolute atomic E-state index is 12.5. The smallest absolute Gasteiger partial charge is 0.417 e. The highest BCUT2D eigenvalue weighted by Crippen LogP contribution is 2.29. The van der Waals surface area contributed by atoms with E-state index in [2.05, 4.69) is 25.6 Å². The number of aromatic nitrogens is 2. The summed E-state index contributed by atoms with van der Waals surface area (Å²) in [7, 11) is 3.87. The molecule has 29 heavy (non-hydrogen) atoms. The van der Waals surface area contributed by atoms with Crippen LogP contribution in [0.2, 0.25) is 0 Å². The van der Waals surface area contributed by atoms with E-state index < -0.39 is 11.7 Å². The average molecular weight is 544 g/mol. The molecule has 0 radical (unpaired) electrons. The molecular formula is C17H24F3IN6OS. The molecule has 0 fully saturated rings. The Morgan fingerprint density at radius 1 is 1.28 bits per heavy atom. The van der Waals surface area contributed by atoms with Crippen molar-refractivity contribution in [2.45, 2.75) is 19.6 Å². The van der Waals surface area contributed by atoms with Crippen LogP contribution in [-0.2, 0) is 12.7 Å². The summed E-state index contributed by atoms with van der Waals surface area (Å²) >= 11 is 1.55. The lowest BCUT2D eigenvalue weighted by Gasteiger charge is -2.12. The summed E-state index contributed by atoms with van der Waals surface area (Å²) in [5, 5.41) is 9.09. The fourth-order valence-electron chi connectivity index (χ4n) is 2.03. The lowest BCUT2D eigenvalue weighted by atomic mass is 10.3. The first-order valence-electron chi connectivity index (χ1n) is 8.59. The Bertz CT molecular complexity index is 767.